The molecule has 2 aromatic heterocycles. The number of rotatable bonds is 7. The van der Waals surface area contributed by atoms with Crippen LogP contribution in [-0.4, -0.2) is 46.4 Å². The van der Waals surface area contributed by atoms with Gasteiger partial charge in [0.05, 0.1) is 18.0 Å². The molecule has 0 saturated carbocycles. The molecule has 0 spiro atoms. The molecule has 1 aliphatic heterocycles. The van der Waals surface area contributed by atoms with Crippen LogP contribution < -0.4 is 10.2 Å². The van der Waals surface area contributed by atoms with Crippen LogP contribution in [0.15, 0.2) is 12.1 Å². The third-order valence-electron chi connectivity index (χ3n) is 4.61. The van der Waals surface area contributed by atoms with Gasteiger partial charge in [0, 0.05) is 44.5 Å². The summed E-state index contributed by atoms with van der Waals surface area (Å²) in [5.74, 6) is 1.93. The van der Waals surface area contributed by atoms with Crippen LogP contribution in [0.25, 0.3) is 0 Å². The largest absolute Gasteiger partial charge is 0.378 e. The van der Waals surface area contributed by atoms with Gasteiger partial charge in [0.15, 0.2) is 0 Å². The highest BCUT2D eigenvalue weighted by molar-refractivity contribution is 5.40. The van der Waals surface area contributed by atoms with Crippen molar-refractivity contribution in [3.63, 3.8) is 0 Å². The molecule has 3 heterocycles. The molecular formula is C18H28N6O. The van der Waals surface area contributed by atoms with Crippen LogP contribution >= 0.6 is 0 Å². The van der Waals surface area contributed by atoms with Gasteiger partial charge in [0.25, 0.3) is 0 Å². The van der Waals surface area contributed by atoms with Crippen molar-refractivity contribution in [1.29, 1.82) is 0 Å². The molecule has 0 unspecified atom stereocenters. The van der Waals surface area contributed by atoms with E-state index in [1.165, 1.54) is 0 Å². The Balaban J connectivity index is 1.49. The van der Waals surface area contributed by atoms with E-state index in [0.717, 1.165) is 67.6 Å². The molecule has 136 valence electrons. The summed E-state index contributed by atoms with van der Waals surface area (Å²) in [4.78, 5) is 11.5. The van der Waals surface area contributed by atoms with Gasteiger partial charge < -0.3 is 15.0 Å². The number of nitrogens with one attached hydrogen (secondary N) is 2. The van der Waals surface area contributed by atoms with Crippen LogP contribution in [0.2, 0.25) is 0 Å². The topological polar surface area (TPSA) is 79.0 Å². The summed E-state index contributed by atoms with van der Waals surface area (Å²) in [6.07, 6.45) is 3.17. The quantitative estimate of drug-likeness (QED) is 0.799. The molecule has 0 atom stereocenters. The maximum absolute atomic E-state index is 5.11. The second-order valence-corrected chi connectivity index (χ2v) is 6.58. The van der Waals surface area contributed by atoms with E-state index >= 15 is 0 Å². The number of aryl methyl sites for hydroxylation is 2. The molecule has 0 aromatic carbocycles. The van der Waals surface area contributed by atoms with Crippen molar-refractivity contribution in [2.75, 3.05) is 25.1 Å². The number of ether oxygens (including phenoxy) is 1. The number of aromatic amines is 1. The Kier molecular flexibility index (Phi) is 5.99. The molecule has 3 rings (SSSR count). The van der Waals surface area contributed by atoms with Gasteiger partial charge in [-0.05, 0) is 32.3 Å². The van der Waals surface area contributed by atoms with Crippen LogP contribution in [-0.2, 0) is 24.3 Å². The number of anilines is 1. The Morgan fingerprint density at radius 2 is 2.04 bits per heavy atom. The van der Waals surface area contributed by atoms with Gasteiger partial charge in [-0.1, -0.05) is 6.92 Å². The molecule has 0 bridgehead atoms. The Morgan fingerprint density at radius 3 is 2.76 bits per heavy atom. The Morgan fingerprint density at radius 1 is 1.24 bits per heavy atom. The number of nitrogens with zero attached hydrogens (tertiary/aromatic N) is 4. The lowest BCUT2D eigenvalue weighted by Gasteiger charge is -2.33. The van der Waals surface area contributed by atoms with E-state index in [4.69, 9.17) is 4.74 Å². The van der Waals surface area contributed by atoms with Gasteiger partial charge in [-0.15, -0.1) is 0 Å². The minimum atomic E-state index is 0.521. The third-order valence-corrected chi connectivity index (χ3v) is 4.61. The highest BCUT2D eigenvalue weighted by atomic mass is 16.5. The minimum absolute atomic E-state index is 0.521. The van der Waals surface area contributed by atoms with Crippen LogP contribution in [0.5, 0.6) is 0 Å². The standard InChI is InChI=1S/C18H28N6O/c1-4-14-10-18(21-13(2)20-14)24-7-5-15(6-8-24)19-11-16-9-17(12-25-3)23-22-16/h9-10,15,19H,4-8,11-12H2,1-3H3,(H,22,23). The first-order valence-electron chi connectivity index (χ1n) is 9.03. The molecule has 7 nitrogen and oxygen atoms in total. The third kappa shape index (κ3) is 4.76. The SMILES string of the molecule is CCc1cc(N2CCC(NCc3cc(COC)[nH]n3)CC2)nc(C)n1. The molecule has 25 heavy (non-hydrogen) atoms. The number of aromatic nitrogens is 4. The monoisotopic (exact) mass is 344 g/mol. The number of hydrogen-bond acceptors (Lipinski definition) is 6. The summed E-state index contributed by atoms with van der Waals surface area (Å²) in [5.41, 5.74) is 3.17. The molecular weight excluding hydrogens is 316 g/mol. The first-order chi connectivity index (χ1) is 12.2. The normalized spacial score (nSPS) is 15.7. The fourth-order valence-electron chi connectivity index (χ4n) is 3.25. The molecule has 1 aliphatic rings. The van der Waals surface area contributed by atoms with E-state index in [1.807, 2.05) is 6.92 Å². The molecule has 7 heteroatoms. The summed E-state index contributed by atoms with van der Waals surface area (Å²) in [7, 11) is 1.69. The van der Waals surface area contributed by atoms with Crippen molar-refractivity contribution in [3.05, 3.63) is 35.0 Å². The van der Waals surface area contributed by atoms with Crippen LogP contribution in [0.3, 0.4) is 0 Å². The summed E-state index contributed by atoms with van der Waals surface area (Å²) < 4.78 is 5.11. The Labute approximate surface area is 149 Å². The van der Waals surface area contributed by atoms with Crippen molar-refractivity contribution in [1.82, 2.24) is 25.5 Å². The zero-order valence-electron chi connectivity index (χ0n) is 15.4. The number of methoxy groups -OCH3 is 1. The van der Waals surface area contributed by atoms with Crippen molar-refractivity contribution in [2.45, 2.75) is 52.3 Å². The van der Waals surface area contributed by atoms with Gasteiger partial charge in [-0.25, -0.2) is 9.97 Å². The summed E-state index contributed by atoms with van der Waals surface area (Å²) in [6, 6.07) is 4.70. The maximum Gasteiger partial charge on any atom is 0.132 e. The molecule has 0 aliphatic carbocycles. The number of hydrogen-bond donors (Lipinski definition) is 2. The number of H-pyrrole nitrogens is 1. The first kappa shape index (κ1) is 17.8. The van der Waals surface area contributed by atoms with E-state index in [9.17, 15) is 0 Å². The lowest BCUT2D eigenvalue weighted by atomic mass is 10.0. The second kappa shape index (κ2) is 8.40. The zero-order chi connectivity index (χ0) is 17.6. The van der Waals surface area contributed by atoms with E-state index in [-0.39, 0.29) is 0 Å². The van der Waals surface area contributed by atoms with Gasteiger partial charge in [0.2, 0.25) is 0 Å². The molecule has 0 radical (unpaired) electrons. The van der Waals surface area contributed by atoms with E-state index in [0.29, 0.717) is 12.6 Å². The van der Waals surface area contributed by atoms with Gasteiger partial charge >= 0.3 is 0 Å². The van der Waals surface area contributed by atoms with Crippen molar-refractivity contribution >= 4 is 5.82 Å². The van der Waals surface area contributed by atoms with Crippen LogP contribution in [0.1, 0.15) is 42.7 Å². The summed E-state index contributed by atoms with van der Waals surface area (Å²) in [5, 5.41) is 10.9. The highest BCUT2D eigenvalue weighted by Crippen LogP contribution is 2.19. The Bertz CT molecular complexity index is 678. The van der Waals surface area contributed by atoms with Gasteiger partial charge in [-0.2, -0.15) is 5.10 Å². The molecule has 1 fully saturated rings. The van der Waals surface area contributed by atoms with Crippen LogP contribution in [0, 0.1) is 6.92 Å². The fraction of sp³-hybridized carbons (Fsp3) is 0.611. The van der Waals surface area contributed by atoms with E-state index in [1.54, 1.807) is 7.11 Å². The smallest absolute Gasteiger partial charge is 0.132 e. The van der Waals surface area contributed by atoms with Crippen molar-refractivity contribution < 1.29 is 4.74 Å². The van der Waals surface area contributed by atoms with E-state index < -0.39 is 0 Å². The predicted octanol–water partition coefficient (Wildman–Crippen LogP) is 1.98. The first-order valence-corrected chi connectivity index (χ1v) is 9.03. The summed E-state index contributed by atoms with van der Waals surface area (Å²) >= 11 is 0. The molecule has 2 N–H and O–H groups in total. The molecule has 2 aromatic rings. The predicted molar refractivity (Wildman–Crippen MR) is 97.5 cm³/mol. The summed E-state index contributed by atoms with van der Waals surface area (Å²) in [6.45, 7) is 7.51. The maximum atomic E-state index is 5.11. The molecule has 1 saturated heterocycles. The van der Waals surface area contributed by atoms with Crippen LogP contribution in [0.4, 0.5) is 5.82 Å². The average molecular weight is 344 g/mol. The number of piperidine rings is 1. The Hall–Kier alpha value is -1.99. The average Bonchev–Trinajstić information content (AvgIpc) is 3.08. The van der Waals surface area contributed by atoms with Gasteiger partial charge in [-0.3, -0.25) is 5.10 Å². The lowest BCUT2D eigenvalue weighted by molar-refractivity contribution is 0.181. The zero-order valence-corrected chi connectivity index (χ0v) is 15.4. The van der Waals surface area contributed by atoms with Crippen molar-refractivity contribution in [2.24, 2.45) is 0 Å². The van der Waals surface area contributed by atoms with Crippen molar-refractivity contribution in [3.8, 4) is 0 Å². The fourth-order valence-corrected chi connectivity index (χ4v) is 3.25. The highest BCUT2D eigenvalue weighted by Gasteiger charge is 2.20. The minimum Gasteiger partial charge on any atom is -0.378 e. The van der Waals surface area contributed by atoms with E-state index in [2.05, 4.69) is 49.4 Å². The molecule has 0 amide bonds. The second-order valence-electron chi connectivity index (χ2n) is 6.58. The van der Waals surface area contributed by atoms with Gasteiger partial charge in [0.1, 0.15) is 11.6 Å². The lowest BCUT2D eigenvalue weighted by Crippen LogP contribution is -2.42.